The summed E-state index contributed by atoms with van der Waals surface area (Å²) in [5, 5.41) is 0. The summed E-state index contributed by atoms with van der Waals surface area (Å²) in [6.45, 7) is 12.9. The van der Waals surface area contributed by atoms with Crippen molar-refractivity contribution in [3.8, 4) is 0 Å². The van der Waals surface area contributed by atoms with Gasteiger partial charge < -0.3 is 9.88 Å². The van der Waals surface area contributed by atoms with Crippen molar-refractivity contribution in [2.24, 2.45) is 11.3 Å². The van der Waals surface area contributed by atoms with Gasteiger partial charge in [-0.1, -0.05) is 47.5 Å². The molecule has 0 aromatic carbocycles. The second kappa shape index (κ2) is 5.96. The number of aromatic nitrogens is 2. The Morgan fingerprint density at radius 2 is 1.88 bits per heavy atom. The Hall–Kier alpha value is -1.65. The number of hydrogen-bond acceptors (Lipinski definition) is 3. The number of aromatic amines is 1. The molecule has 1 atom stereocenters. The molecule has 0 radical (unpaired) electrons. The highest BCUT2D eigenvalue weighted by atomic mass is 16.2. The van der Waals surface area contributed by atoms with Gasteiger partial charge in [0.15, 0.2) is 0 Å². The van der Waals surface area contributed by atoms with Crippen molar-refractivity contribution in [2.45, 2.75) is 78.7 Å². The number of aryl methyl sites for hydroxylation is 1. The first-order valence-corrected chi connectivity index (χ1v) is 9.49. The molecule has 2 aliphatic rings. The molecule has 5 nitrogen and oxygen atoms in total. The van der Waals surface area contributed by atoms with Gasteiger partial charge in [-0.05, 0) is 25.7 Å². The third-order valence-corrected chi connectivity index (χ3v) is 5.96. The van der Waals surface area contributed by atoms with E-state index in [0.29, 0.717) is 17.4 Å². The van der Waals surface area contributed by atoms with Crippen LogP contribution in [-0.2, 0) is 5.41 Å². The highest BCUT2D eigenvalue weighted by Gasteiger charge is 2.56. The maximum Gasteiger partial charge on any atom is 0.264 e. The van der Waals surface area contributed by atoms with Gasteiger partial charge in [-0.25, -0.2) is 4.98 Å². The fraction of sp³-hybridized carbons (Fsp3) is 0.750. The summed E-state index contributed by atoms with van der Waals surface area (Å²) in [6.07, 6.45) is 4.92. The SMILES string of the molecule is Cc1nc(C(C)(C)C)[nH]c(=O)c1C(=O)N1CC2(CCCC2)C1C(C)C. The predicted molar refractivity (Wildman–Crippen MR) is 98.9 cm³/mol. The van der Waals surface area contributed by atoms with Gasteiger partial charge in [0, 0.05) is 23.4 Å². The largest absolute Gasteiger partial charge is 0.334 e. The summed E-state index contributed by atoms with van der Waals surface area (Å²) >= 11 is 0. The fourth-order valence-electron chi connectivity index (χ4n) is 4.88. The lowest BCUT2D eigenvalue weighted by Gasteiger charge is -2.58. The predicted octanol–water partition coefficient (Wildman–Crippen LogP) is 3.42. The number of hydrogen-bond donors (Lipinski definition) is 1. The van der Waals surface area contributed by atoms with Gasteiger partial charge in [0.25, 0.3) is 11.5 Å². The number of rotatable bonds is 2. The van der Waals surface area contributed by atoms with Crippen molar-refractivity contribution in [3.63, 3.8) is 0 Å². The van der Waals surface area contributed by atoms with Crippen LogP contribution < -0.4 is 5.56 Å². The maximum absolute atomic E-state index is 13.2. The monoisotopic (exact) mass is 345 g/mol. The topological polar surface area (TPSA) is 66.1 Å². The minimum absolute atomic E-state index is 0.150. The van der Waals surface area contributed by atoms with E-state index in [0.717, 1.165) is 6.54 Å². The Balaban J connectivity index is 1.93. The van der Waals surface area contributed by atoms with Crippen LogP contribution >= 0.6 is 0 Å². The van der Waals surface area contributed by atoms with E-state index in [1.807, 2.05) is 25.7 Å². The lowest BCUT2D eigenvalue weighted by atomic mass is 9.65. The molecular weight excluding hydrogens is 314 g/mol. The average Bonchev–Trinajstić information content (AvgIpc) is 2.93. The number of amides is 1. The van der Waals surface area contributed by atoms with Crippen molar-refractivity contribution in [1.29, 1.82) is 0 Å². The first-order valence-electron chi connectivity index (χ1n) is 9.49. The number of nitrogens with zero attached hydrogens (tertiary/aromatic N) is 2. The van der Waals surface area contributed by atoms with Crippen LogP contribution in [0.1, 0.15) is 82.2 Å². The molecule has 25 heavy (non-hydrogen) atoms. The number of carbonyl (C=O) groups excluding carboxylic acids is 1. The zero-order valence-corrected chi connectivity index (χ0v) is 16.4. The van der Waals surface area contributed by atoms with Gasteiger partial charge in [0.1, 0.15) is 11.4 Å². The van der Waals surface area contributed by atoms with Gasteiger partial charge in [-0.2, -0.15) is 0 Å². The molecule has 1 spiro atoms. The minimum atomic E-state index is -0.308. The minimum Gasteiger partial charge on any atom is -0.334 e. The summed E-state index contributed by atoms with van der Waals surface area (Å²) in [4.78, 5) is 35.1. The number of nitrogens with one attached hydrogen (secondary N) is 1. The molecule has 3 rings (SSSR count). The first kappa shape index (κ1) is 18.2. The van der Waals surface area contributed by atoms with Crippen molar-refractivity contribution in [3.05, 3.63) is 27.4 Å². The van der Waals surface area contributed by atoms with Crippen molar-refractivity contribution >= 4 is 5.91 Å². The van der Waals surface area contributed by atoms with E-state index in [2.05, 4.69) is 23.8 Å². The smallest absolute Gasteiger partial charge is 0.264 e. The van der Waals surface area contributed by atoms with Gasteiger partial charge in [0.05, 0.1) is 5.69 Å². The third kappa shape index (κ3) is 2.91. The lowest BCUT2D eigenvalue weighted by Crippen LogP contribution is -2.67. The van der Waals surface area contributed by atoms with E-state index >= 15 is 0 Å². The molecule has 1 aromatic heterocycles. The highest BCUT2D eigenvalue weighted by Crippen LogP contribution is 2.53. The Bertz CT molecular complexity index is 736. The van der Waals surface area contributed by atoms with Crippen LogP contribution in [0.25, 0.3) is 0 Å². The Labute approximate surface area is 150 Å². The summed E-state index contributed by atoms with van der Waals surface area (Å²) in [5.74, 6) is 0.878. The first-order chi connectivity index (χ1) is 11.6. The van der Waals surface area contributed by atoms with Crippen LogP contribution in [0.5, 0.6) is 0 Å². The Morgan fingerprint density at radius 3 is 2.36 bits per heavy atom. The van der Waals surface area contributed by atoms with E-state index in [1.165, 1.54) is 25.7 Å². The Morgan fingerprint density at radius 1 is 1.28 bits per heavy atom. The third-order valence-electron chi connectivity index (χ3n) is 5.96. The number of likely N-dealkylation sites (tertiary alicyclic amines) is 1. The Kier molecular flexibility index (Phi) is 4.33. The molecule has 2 fully saturated rings. The molecule has 5 heteroatoms. The van der Waals surface area contributed by atoms with Gasteiger partial charge in [-0.15, -0.1) is 0 Å². The van der Waals surface area contributed by atoms with Crippen LogP contribution in [0.15, 0.2) is 4.79 Å². The molecule has 1 unspecified atom stereocenters. The molecule has 1 saturated heterocycles. The number of H-pyrrole nitrogens is 1. The van der Waals surface area contributed by atoms with Gasteiger partial charge >= 0.3 is 0 Å². The van der Waals surface area contributed by atoms with Crippen molar-refractivity contribution < 1.29 is 4.79 Å². The molecule has 1 amide bonds. The van der Waals surface area contributed by atoms with Crippen LogP contribution in [0.2, 0.25) is 0 Å². The van der Waals surface area contributed by atoms with Crippen LogP contribution in [0.4, 0.5) is 0 Å². The summed E-state index contributed by atoms with van der Waals surface area (Å²) < 4.78 is 0. The van der Waals surface area contributed by atoms with E-state index in [-0.39, 0.29) is 33.9 Å². The van der Waals surface area contributed by atoms with E-state index in [9.17, 15) is 9.59 Å². The standard InChI is InChI=1S/C20H31N3O2/c1-12(2)15-20(9-7-8-10-20)11-23(15)17(25)14-13(3)21-18(19(4,5)6)22-16(14)24/h12,15H,7-11H2,1-6H3,(H,21,22,24). The zero-order chi connectivity index (χ0) is 18.6. The molecule has 2 heterocycles. The van der Waals surface area contributed by atoms with Crippen LogP contribution in [0, 0.1) is 18.3 Å². The zero-order valence-electron chi connectivity index (χ0n) is 16.4. The normalized spacial score (nSPS) is 22.5. The fourth-order valence-corrected chi connectivity index (χ4v) is 4.88. The molecule has 1 aromatic rings. The average molecular weight is 345 g/mol. The molecule has 1 aliphatic heterocycles. The van der Waals surface area contributed by atoms with E-state index in [4.69, 9.17) is 0 Å². The van der Waals surface area contributed by atoms with Crippen molar-refractivity contribution in [2.75, 3.05) is 6.54 Å². The molecule has 1 N–H and O–H groups in total. The highest BCUT2D eigenvalue weighted by molar-refractivity contribution is 5.95. The molecular formula is C20H31N3O2. The second-order valence-electron chi connectivity index (χ2n) is 9.32. The van der Waals surface area contributed by atoms with Crippen molar-refractivity contribution in [1.82, 2.24) is 14.9 Å². The molecule has 0 bridgehead atoms. The summed E-state index contributed by atoms with van der Waals surface area (Å²) in [7, 11) is 0. The second-order valence-corrected chi connectivity index (χ2v) is 9.32. The van der Waals surface area contributed by atoms with Crippen LogP contribution in [0.3, 0.4) is 0 Å². The summed E-state index contributed by atoms with van der Waals surface area (Å²) in [5.41, 5.74) is 0.470. The quantitative estimate of drug-likeness (QED) is 0.893. The number of carbonyl (C=O) groups is 1. The molecule has 138 valence electrons. The molecule has 1 aliphatic carbocycles. The van der Waals surface area contributed by atoms with Crippen LogP contribution in [-0.4, -0.2) is 33.4 Å². The van der Waals surface area contributed by atoms with E-state index < -0.39 is 0 Å². The van der Waals surface area contributed by atoms with E-state index in [1.54, 1.807) is 6.92 Å². The summed E-state index contributed by atoms with van der Waals surface area (Å²) in [6, 6.07) is 0.239. The maximum atomic E-state index is 13.2. The lowest BCUT2D eigenvalue weighted by molar-refractivity contribution is -0.0703. The molecule has 1 saturated carbocycles. The van der Waals surface area contributed by atoms with Gasteiger partial charge in [0.2, 0.25) is 0 Å². The van der Waals surface area contributed by atoms with Gasteiger partial charge in [-0.3, -0.25) is 9.59 Å².